The van der Waals surface area contributed by atoms with E-state index in [1.165, 1.54) is 12.1 Å². The maximum Gasteiger partial charge on any atom is 0.241 e. The van der Waals surface area contributed by atoms with Crippen molar-refractivity contribution >= 4 is 10.0 Å². The van der Waals surface area contributed by atoms with Crippen LogP contribution in [0.15, 0.2) is 17.0 Å². The molecule has 0 atom stereocenters. The van der Waals surface area contributed by atoms with Gasteiger partial charge in [-0.25, -0.2) is 18.1 Å². The molecule has 0 aliphatic heterocycles. The van der Waals surface area contributed by atoms with Gasteiger partial charge in [-0.15, -0.1) is 0 Å². The minimum Gasteiger partial charge on any atom is -0.496 e. The van der Waals surface area contributed by atoms with E-state index in [-0.39, 0.29) is 11.4 Å². The molecule has 1 aliphatic rings. The summed E-state index contributed by atoms with van der Waals surface area (Å²) >= 11 is 0. The highest BCUT2D eigenvalue weighted by atomic mass is 32.2. The number of rotatable bonds is 5. The fourth-order valence-electron chi connectivity index (χ4n) is 3.41. The number of fused-ring (bicyclic) bond motifs is 1. The quantitative estimate of drug-likeness (QED) is 0.885. The molecule has 1 aromatic carbocycles. The molecule has 0 spiro atoms. The van der Waals surface area contributed by atoms with Crippen molar-refractivity contribution in [1.82, 2.24) is 14.3 Å². The molecule has 2 aromatic rings. The highest BCUT2D eigenvalue weighted by Gasteiger charge is 2.22. The zero-order chi connectivity index (χ0) is 18.2. The second kappa shape index (κ2) is 6.80. The van der Waals surface area contributed by atoms with Crippen LogP contribution in [0.25, 0.3) is 0 Å². The number of nitrogens with one attached hydrogen (secondary N) is 1. The van der Waals surface area contributed by atoms with Gasteiger partial charge < -0.3 is 9.30 Å². The Morgan fingerprint density at radius 1 is 1.20 bits per heavy atom. The number of benzene rings is 1. The number of aromatic nitrogens is 2. The monoisotopic (exact) mass is 363 g/mol. The van der Waals surface area contributed by atoms with Crippen LogP contribution in [0.4, 0.5) is 0 Å². The van der Waals surface area contributed by atoms with Crippen molar-refractivity contribution < 1.29 is 13.2 Å². The number of sulfonamides is 1. The van der Waals surface area contributed by atoms with Gasteiger partial charge in [0.15, 0.2) is 0 Å². The summed E-state index contributed by atoms with van der Waals surface area (Å²) in [6, 6.07) is 3.41. The van der Waals surface area contributed by atoms with Crippen LogP contribution in [-0.4, -0.2) is 25.1 Å². The van der Waals surface area contributed by atoms with Crippen molar-refractivity contribution in [2.45, 2.75) is 51.0 Å². The summed E-state index contributed by atoms with van der Waals surface area (Å²) in [4.78, 5) is 4.91. The van der Waals surface area contributed by atoms with E-state index in [1.807, 2.05) is 18.5 Å². The lowest BCUT2D eigenvalue weighted by molar-refractivity contribution is 0.411. The molecule has 0 saturated heterocycles. The molecule has 0 radical (unpaired) electrons. The maximum atomic E-state index is 12.7. The average molecular weight is 363 g/mol. The van der Waals surface area contributed by atoms with Crippen LogP contribution in [0.5, 0.6) is 5.75 Å². The first-order chi connectivity index (χ1) is 11.8. The van der Waals surface area contributed by atoms with E-state index in [0.717, 1.165) is 36.3 Å². The van der Waals surface area contributed by atoms with E-state index < -0.39 is 10.0 Å². The Kier molecular flexibility index (Phi) is 4.88. The lowest BCUT2D eigenvalue weighted by atomic mass is 10.0. The molecule has 0 saturated carbocycles. The Bertz CT molecular complexity index is 901. The van der Waals surface area contributed by atoms with Crippen LogP contribution < -0.4 is 9.46 Å². The number of hydrogen-bond acceptors (Lipinski definition) is 4. The summed E-state index contributed by atoms with van der Waals surface area (Å²) < 4.78 is 35.5. The minimum absolute atomic E-state index is 0.191. The first kappa shape index (κ1) is 17.9. The van der Waals surface area contributed by atoms with Crippen LogP contribution in [0.1, 0.15) is 41.2 Å². The van der Waals surface area contributed by atoms with Gasteiger partial charge in [-0.05, 0) is 62.8 Å². The van der Waals surface area contributed by atoms with Crippen LogP contribution in [-0.2, 0) is 36.5 Å². The zero-order valence-electron chi connectivity index (χ0n) is 15.2. The van der Waals surface area contributed by atoms with E-state index in [4.69, 9.17) is 4.74 Å². The predicted octanol–water partition coefficient (Wildman–Crippen LogP) is 2.40. The Labute approximate surface area is 149 Å². The van der Waals surface area contributed by atoms with Crippen molar-refractivity contribution in [2.75, 3.05) is 7.11 Å². The van der Waals surface area contributed by atoms with Gasteiger partial charge in [0.2, 0.25) is 10.0 Å². The van der Waals surface area contributed by atoms with Gasteiger partial charge in [0.1, 0.15) is 11.6 Å². The lowest BCUT2D eigenvalue weighted by Crippen LogP contribution is -2.25. The molecular formula is C18H25N3O3S. The Balaban J connectivity index is 1.83. The first-order valence-electron chi connectivity index (χ1n) is 8.51. The van der Waals surface area contributed by atoms with Crippen molar-refractivity contribution in [3.8, 4) is 5.75 Å². The third kappa shape index (κ3) is 3.43. The number of methoxy groups -OCH3 is 1. The van der Waals surface area contributed by atoms with E-state index in [1.54, 1.807) is 26.2 Å². The topological polar surface area (TPSA) is 73.2 Å². The second-order valence-corrected chi connectivity index (χ2v) is 8.33. The minimum atomic E-state index is -3.61. The Hall–Kier alpha value is -1.86. The highest BCUT2D eigenvalue weighted by Crippen LogP contribution is 2.26. The summed E-state index contributed by atoms with van der Waals surface area (Å²) in [5.74, 6) is 1.45. The van der Waals surface area contributed by atoms with Gasteiger partial charge in [0.05, 0.1) is 24.2 Å². The van der Waals surface area contributed by atoms with Gasteiger partial charge in [-0.2, -0.15) is 0 Å². The highest BCUT2D eigenvalue weighted by molar-refractivity contribution is 7.89. The Morgan fingerprint density at radius 2 is 1.92 bits per heavy atom. The number of hydrogen-bond donors (Lipinski definition) is 1. The molecule has 1 N–H and O–H groups in total. The lowest BCUT2D eigenvalue weighted by Gasteiger charge is -2.13. The molecule has 0 unspecified atom stereocenters. The van der Waals surface area contributed by atoms with Gasteiger partial charge in [-0.1, -0.05) is 0 Å². The van der Waals surface area contributed by atoms with Crippen LogP contribution in [0.2, 0.25) is 0 Å². The fraction of sp³-hybridized carbons (Fsp3) is 0.500. The molecule has 1 aliphatic carbocycles. The fourth-order valence-corrected chi connectivity index (χ4v) is 4.70. The third-order valence-electron chi connectivity index (χ3n) is 4.87. The number of nitrogens with zero attached hydrogens (tertiary/aromatic N) is 2. The molecule has 6 nitrogen and oxygen atoms in total. The average Bonchev–Trinajstić information content (AvgIpc) is 2.91. The second-order valence-electron chi connectivity index (χ2n) is 6.60. The van der Waals surface area contributed by atoms with Crippen LogP contribution >= 0.6 is 0 Å². The summed E-state index contributed by atoms with van der Waals surface area (Å²) in [7, 11) is -0.0714. The zero-order valence-corrected chi connectivity index (χ0v) is 16.0. The summed E-state index contributed by atoms with van der Waals surface area (Å²) in [5.41, 5.74) is 3.80. The standard InChI is InChI=1S/C18H25N3O3S/c1-12-10-17(13(2)9-16(12)24-4)25(22,23)19-11-18-20-14-7-5-6-8-15(14)21(18)3/h9-10,19H,5-8,11H2,1-4H3. The molecule has 3 rings (SSSR count). The molecule has 1 aromatic heterocycles. The third-order valence-corrected chi connectivity index (χ3v) is 6.41. The number of ether oxygens (including phenoxy) is 1. The van der Waals surface area contributed by atoms with E-state index in [9.17, 15) is 8.42 Å². The van der Waals surface area contributed by atoms with Gasteiger partial charge >= 0.3 is 0 Å². The summed E-state index contributed by atoms with van der Waals surface area (Å²) in [6.45, 7) is 3.80. The van der Waals surface area contributed by atoms with E-state index in [0.29, 0.717) is 11.3 Å². The molecule has 0 bridgehead atoms. The van der Waals surface area contributed by atoms with Gasteiger partial charge in [0, 0.05) is 12.7 Å². The molecule has 25 heavy (non-hydrogen) atoms. The molecule has 0 amide bonds. The molecular weight excluding hydrogens is 338 g/mol. The van der Waals surface area contributed by atoms with Gasteiger partial charge in [-0.3, -0.25) is 0 Å². The van der Waals surface area contributed by atoms with E-state index in [2.05, 4.69) is 9.71 Å². The first-order valence-corrected chi connectivity index (χ1v) is 10.00. The van der Waals surface area contributed by atoms with Crippen LogP contribution in [0.3, 0.4) is 0 Å². The summed E-state index contributed by atoms with van der Waals surface area (Å²) in [6.07, 6.45) is 4.32. The van der Waals surface area contributed by atoms with E-state index >= 15 is 0 Å². The summed E-state index contributed by atoms with van der Waals surface area (Å²) in [5, 5.41) is 0. The van der Waals surface area contributed by atoms with Crippen LogP contribution in [0, 0.1) is 13.8 Å². The molecule has 7 heteroatoms. The smallest absolute Gasteiger partial charge is 0.241 e. The Morgan fingerprint density at radius 3 is 2.60 bits per heavy atom. The number of imidazole rings is 1. The number of aryl methyl sites for hydroxylation is 3. The van der Waals surface area contributed by atoms with Crippen molar-refractivity contribution in [1.29, 1.82) is 0 Å². The molecule has 0 fully saturated rings. The van der Waals surface area contributed by atoms with Crippen molar-refractivity contribution in [2.24, 2.45) is 7.05 Å². The van der Waals surface area contributed by atoms with Gasteiger partial charge in [0.25, 0.3) is 0 Å². The van der Waals surface area contributed by atoms with Crippen molar-refractivity contribution in [3.05, 3.63) is 40.5 Å². The normalized spacial score (nSPS) is 14.4. The SMILES string of the molecule is COc1cc(C)c(S(=O)(=O)NCc2nc3c(n2C)CCCC3)cc1C. The maximum absolute atomic E-state index is 12.7. The molecule has 1 heterocycles. The largest absolute Gasteiger partial charge is 0.496 e. The predicted molar refractivity (Wildman–Crippen MR) is 96.3 cm³/mol. The van der Waals surface area contributed by atoms with Crippen molar-refractivity contribution in [3.63, 3.8) is 0 Å². The molecule has 136 valence electrons.